The minimum atomic E-state index is -3.58. The highest BCUT2D eigenvalue weighted by Gasteiger charge is 2.23. The van der Waals surface area contributed by atoms with Crippen LogP contribution in [0.4, 0.5) is 0 Å². The van der Waals surface area contributed by atoms with Gasteiger partial charge >= 0.3 is 0 Å². The maximum Gasteiger partial charge on any atom is 0.242 e. The third kappa shape index (κ3) is 4.75. The first-order valence-corrected chi connectivity index (χ1v) is 12.1. The number of fused-ring (bicyclic) bond motifs is 1. The van der Waals surface area contributed by atoms with Crippen molar-refractivity contribution in [1.82, 2.24) is 9.47 Å². The van der Waals surface area contributed by atoms with Crippen LogP contribution in [-0.2, 0) is 33.5 Å². The van der Waals surface area contributed by atoms with E-state index in [1.807, 2.05) is 79.7 Å². The molecule has 0 aliphatic rings. The van der Waals surface area contributed by atoms with E-state index in [1.54, 1.807) is 28.8 Å². The number of aryl methyl sites for hydroxylation is 1. The lowest BCUT2D eigenvalue weighted by Crippen LogP contribution is -2.29. The van der Waals surface area contributed by atoms with Crippen molar-refractivity contribution in [3.05, 3.63) is 102 Å². The first-order valence-electron chi connectivity index (χ1n) is 10.5. The average molecular weight is 447 g/mol. The molecule has 0 saturated heterocycles. The molecule has 4 aromatic rings. The molecule has 0 radical (unpaired) electrons. The molecule has 5 nitrogen and oxygen atoms in total. The summed E-state index contributed by atoms with van der Waals surface area (Å²) in [6, 6.07) is 24.6. The molecule has 1 amide bonds. The minimum absolute atomic E-state index is 0.0733. The van der Waals surface area contributed by atoms with Crippen LogP contribution in [0.15, 0.2) is 90.0 Å². The number of hydrogen-bond acceptors (Lipinski definition) is 3. The van der Waals surface area contributed by atoms with Crippen LogP contribution in [0.5, 0.6) is 0 Å². The fraction of sp³-hybridized carbons (Fsp3) is 0.192. The second kappa shape index (κ2) is 9.01. The zero-order chi connectivity index (χ0) is 22.7. The Balaban J connectivity index is 1.61. The molecule has 6 heteroatoms. The van der Waals surface area contributed by atoms with Gasteiger partial charge in [0.1, 0.15) is 6.54 Å². The van der Waals surface area contributed by atoms with Crippen LogP contribution in [0.2, 0.25) is 0 Å². The van der Waals surface area contributed by atoms with Crippen LogP contribution in [-0.4, -0.2) is 30.8 Å². The van der Waals surface area contributed by atoms with Crippen molar-refractivity contribution in [2.24, 2.45) is 0 Å². The van der Waals surface area contributed by atoms with Crippen LogP contribution in [0, 0.1) is 6.92 Å². The van der Waals surface area contributed by atoms with E-state index in [-0.39, 0.29) is 23.1 Å². The zero-order valence-corrected chi connectivity index (χ0v) is 19.0. The number of hydrogen-bond donors (Lipinski definition) is 0. The summed E-state index contributed by atoms with van der Waals surface area (Å²) in [5.74, 6) is -0.166. The molecule has 0 saturated carbocycles. The number of likely N-dealkylation sites (N-methyl/N-ethyl adjacent to an activating group) is 1. The molecule has 1 heterocycles. The van der Waals surface area contributed by atoms with Gasteiger partial charge in [-0.2, -0.15) is 0 Å². The van der Waals surface area contributed by atoms with E-state index in [1.165, 1.54) is 0 Å². The van der Waals surface area contributed by atoms with E-state index >= 15 is 0 Å². The molecule has 0 aliphatic heterocycles. The predicted octanol–water partition coefficient (Wildman–Crippen LogP) is 4.58. The van der Waals surface area contributed by atoms with Gasteiger partial charge < -0.3 is 9.47 Å². The van der Waals surface area contributed by atoms with Gasteiger partial charge in [-0.3, -0.25) is 4.79 Å². The van der Waals surface area contributed by atoms with Crippen molar-refractivity contribution in [3.63, 3.8) is 0 Å². The molecule has 0 fully saturated rings. The molecule has 0 bridgehead atoms. The van der Waals surface area contributed by atoms with Crippen LogP contribution in [0.25, 0.3) is 10.9 Å². The summed E-state index contributed by atoms with van der Waals surface area (Å²) >= 11 is 0. The van der Waals surface area contributed by atoms with Crippen LogP contribution >= 0.6 is 0 Å². The maximum atomic E-state index is 13.3. The number of rotatable bonds is 7. The van der Waals surface area contributed by atoms with Gasteiger partial charge in [0.25, 0.3) is 0 Å². The topological polar surface area (TPSA) is 59.4 Å². The van der Waals surface area contributed by atoms with E-state index in [0.717, 1.165) is 22.2 Å². The van der Waals surface area contributed by atoms with E-state index in [4.69, 9.17) is 0 Å². The Bertz CT molecular complexity index is 1340. The molecule has 3 aromatic carbocycles. The second-order valence-corrected chi connectivity index (χ2v) is 10.1. The van der Waals surface area contributed by atoms with E-state index < -0.39 is 9.84 Å². The third-order valence-electron chi connectivity index (χ3n) is 5.56. The Morgan fingerprint density at radius 2 is 1.53 bits per heavy atom. The van der Waals surface area contributed by atoms with Crippen LogP contribution in [0.1, 0.15) is 16.7 Å². The van der Waals surface area contributed by atoms with Gasteiger partial charge in [-0.25, -0.2) is 8.42 Å². The molecule has 0 aliphatic carbocycles. The monoisotopic (exact) mass is 446 g/mol. The quantitative estimate of drug-likeness (QED) is 0.417. The molecular weight excluding hydrogens is 420 g/mol. The largest absolute Gasteiger partial charge is 0.340 e. The van der Waals surface area contributed by atoms with Gasteiger partial charge in [-0.1, -0.05) is 78.4 Å². The Morgan fingerprint density at radius 1 is 0.875 bits per heavy atom. The number of aromatic nitrogens is 1. The summed E-state index contributed by atoms with van der Waals surface area (Å²) in [6.07, 6.45) is 1.60. The molecular formula is C26H26N2O3S. The number of carbonyl (C=O) groups excluding carboxylic acids is 1. The van der Waals surface area contributed by atoms with E-state index in [2.05, 4.69) is 0 Å². The lowest BCUT2D eigenvalue weighted by atomic mass is 10.2. The molecule has 0 unspecified atom stereocenters. The Kier molecular flexibility index (Phi) is 6.15. The van der Waals surface area contributed by atoms with Crippen LogP contribution in [0.3, 0.4) is 0 Å². The third-order valence-corrected chi connectivity index (χ3v) is 7.27. The second-order valence-electron chi connectivity index (χ2n) is 8.12. The minimum Gasteiger partial charge on any atom is -0.340 e. The molecule has 164 valence electrons. The summed E-state index contributed by atoms with van der Waals surface area (Å²) in [5.41, 5.74) is 3.60. The molecule has 0 atom stereocenters. The summed E-state index contributed by atoms with van der Waals surface area (Å²) in [4.78, 5) is 14.8. The van der Waals surface area contributed by atoms with Crippen molar-refractivity contribution >= 4 is 26.6 Å². The standard InChI is InChI=1S/C26H26N2O3S/c1-20-12-14-22(15-13-20)19-32(30,31)25-17-28(24-11-7-6-10-23(24)25)18-26(29)27(2)16-21-8-4-3-5-9-21/h3-15,17H,16,18-19H2,1-2H3. The highest BCUT2D eigenvalue weighted by Crippen LogP contribution is 2.28. The highest BCUT2D eigenvalue weighted by atomic mass is 32.2. The van der Waals surface area contributed by atoms with E-state index in [9.17, 15) is 13.2 Å². The smallest absolute Gasteiger partial charge is 0.242 e. The van der Waals surface area contributed by atoms with Gasteiger partial charge in [-0.15, -0.1) is 0 Å². The summed E-state index contributed by atoms with van der Waals surface area (Å²) in [5, 5.41) is 0.637. The lowest BCUT2D eigenvalue weighted by molar-refractivity contribution is -0.131. The molecule has 4 rings (SSSR count). The van der Waals surface area contributed by atoms with Gasteiger partial charge in [0.05, 0.1) is 10.6 Å². The number of amides is 1. The normalized spacial score (nSPS) is 11.6. The maximum absolute atomic E-state index is 13.3. The van der Waals surface area contributed by atoms with Crippen molar-refractivity contribution in [3.8, 4) is 0 Å². The van der Waals surface area contributed by atoms with Crippen molar-refractivity contribution in [2.75, 3.05) is 7.05 Å². The summed E-state index contributed by atoms with van der Waals surface area (Å²) in [6.45, 7) is 2.54. The van der Waals surface area contributed by atoms with Gasteiger partial charge in [0.2, 0.25) is 5.91 Å². The number of para-hydroxylation sites is 1. The van der Waals surface area contributed by atoms with Gasteiger partial charge in [-0.05, 0) is 24.1 Å². The fourth-order valence-electron chi connectivity index (χ4n) is 3.79. The summed E-state index contributed by atoms with van der Waals surface area (Å²) < 4.78 is 28.3. The van der Waals surface area contributed by atoms with E-state index in [0.29, 0.717) is 11.9 Å². The highest BCUT2D eigenvalue weighted by molar-refractivity contribution is 7.90. The molecule has 0 spiro atoms. The number of sulfone groups is 1. The Morgan fingerprint density at radius 3 is 2.25 bits per heavy atom. The predicted molar refractivity (Wildman–Crippen MR) is 127 cm³/mol. The van der Waals surface area contributed by atoms with Crippen molar-refractivity contribution in [1.29, 1.82) is 0 Å². The van der Waals surface area contributed by atoms with Crippen molar-refractivity contribution < 1.29 is 13.2 Å². The van der Waals surface area contributed by atoms with Crippen molar-refractivity contribution in [2.45, 2.75) is 30.7 Å². The van der Waals surface area contributed by atoms with Gasteiger partial charge in [0.15, 0.2) is 9.84 Å². The first kappa shape index (κ1) is 21.8. The Hall–Kier alpha value is -3.38. The number of nitrogens with zero attached hydrogens (tertiary/aromatic N) is 2. The number of benzene rings is 3. The first-order chi connectivity index (χ1) is 15.3. The Labute approximate surface area is 188 Å². The molecule has 32 heavy (non-hydrogen) atoms. The summed E-state index contributed by atoms with van der Waals surface area (Å²) in [7, 11) is -1.82. The SMILES string of the molecule is Cc1ccc(CS(=O)(=O)c2cn(CC(=O)N(C)Cc3ccccc3)c3ccccc23)cc1. The van der Waals surface area contributed by atoms with Crippen LogP contribution < -0.4 is 0 Å². The van der Waals surface area contributed by atoms with Gasteiger partial charge in [0, 0.05) is 30.7 Å². The molecule has 0 N–H and O–H groups in total. The lowest BCUT2D eigenvalue weighted by Gasteiger charge is -2.18. The molecule has 1 aromatic heterocycles. The average Bonchev–Trinajstić information content (AvgIpc) is 3.15. The zero-order valence-electron chi connectivity index (χ0n) is 18.2. The number of carbonyl (C=O) groups is 1. The fourth-order valence-corrected chi connectivity index (χ4v) is 5.37.